The zero-order valence-electron chi connectivity index (χ0n) is 27.7. The molecule has 5 rings (SSSR count). The lowest BCUT2D eigenvalue weighted by atomic mass is 10.0. The number of fused-ring (bicyclic) bond motifs is 1. The van der Waals surface area contributed by atoms with Crippen molar-refractivity contribution in [2.24, 2.45) is 5.92 Å². The van der Waals surface area contributed by atoms with E-state index in [0.29, 0.717) is 36.6 Å². The zero-order chi connectivity index (χ0) is 35.1. The SMILES string of the molecule is C[C@@H]1CN([C@H](C)CO)C(=O)Cc2cc(NC(=O)Nc3ccc(C(F)(F)F)cc3)ccc2O[C@@H]1CN(C)Cc1ccc(-c2ccccc2)cc1. The molecule has 4 aromatic rings. The van der Waals surface area contributed by atoms with E-state index in [2.05, 4.69) is 51.9 Å². The van der Waals surface area contributed by atoms with Crippen LogP contribution in [0.5, 0.6) is 5.75 Å². The molecule has 1 aliphatic rings. The molecule has 0 saturated heterocycles. The van der Waals surface area contributed by atoms with E-state index in [9.17, 15) is 27.9 Å². The molecule has 8 nitrogen and oxygen atoms in total. The van der Waals surface area contributed by atoms with Gasteiger partial charge in [-0.3, -0.25) is 9.69 Å². The molecule has 0 fully saturated rings. The summed E-state index contributed by atoms with van der Waals surface area (Å²) in [6.45, 7) is 5.27. The number of urea groups is 1. The van der Waals surface area contributed by atoms with E-state index in [0.717, 1.165) is 28.8 Å². The molecule has 0 spiro atoms. The highest BCUT2D eigenvalue weighted by Gasteiger charge is 2.32. The van der Waals surface area contributed by atoms with Gasteiger partial charge in [0.15, 0.2) is 0 Å². The van der Waals surface area contributed by atoms with Crippen LogP contribution in [0.2, 0.25) is 0 Å². The highest BCUT2D eigenvalue weighted by molar-refractivity contribution is 6.00. The molecule has 0 bridgehead atoms. The summed E-state index contributed by atoms with van der Waals surface area (Å²) < 4.78 is 45.3. The van der Waals surface area contributed by atoms with Crippen molar-refractivity contribution in [2.45, 2.75) is 45.1 Å². The minimum Gasteiger partial charge on any atom is -0.488 e. The smallest absolute Gasteiger partial charge is 0.416 e. The zero-order valence-corrected chi connectivity index (χ0v) is 27.7. The van der Waals surface area contributed by atoms with Crippen LogP contribution in [0, 0.1) is 5.92 Å². The van der Waals surface area contributed by atoms with Gasteiger partial charge in [-0.15, -0.1) is 0 Å². The van der Waals surface area contributed by atoms with Crippen LogP contribution in [0.25, 0.3) is 11.1 Å². The molecule has 4 aromatic carbocycles. The lowest BCUT2D eigenvalue weighted by Crippen LogP contribution is -2.47. The molecule has 0 unspecified atom stereocenters. The summed E-state index contributed by atoms with van der Waals surface area (Å²) in [5.74, 6) is 0.245. The summed E-state index contributed by atoms with van der Waals surface area (Å²) in [6.07, 6.45) is -4.81. The van der Waals surface area contributed by atoms with Crippen LogP contribution in [0.15, 0.2) is 97.1 Å². The van der Waals surface area contributed by atoms with Gasteiger partial charge in [0.05, 0.1) is 24.6 Å². The Labute approximate surface area is 284 Å². The van der Waals surface area contributed by atoms with Crippen LogP contribution in [-0.4, -0.2) is 65.7 Å². The number of hydrogen-bond donors (Lipinski definition) is 3. The first-order chi connectivity index (χ1) is 23.4. The number of hydrogen-bond acceptors (Lipinski definition) is 5. The first-order valence-corrected chi connectivity index (χ1v) is 16.2. The number of ether oxygens (including phenoxy) is 1. The number of halogens is 3. The molecule has 3 amide bonds. The largest absolute Gasteiger partial charge is 0.488 e. The van der Waals surface area contributed by atoms with E-state index < -0.39 is 23.8 Å². The molecule has 258 valence electrons. The van der Waals surface area contributed by atoms with Crippen LogP contribution in [-0.2, 0) is 23.9 Å². The van der Waals surface area contributed by atoms with E-state index >= 15 is 0 Å². The van der Waals surface area contributed by atoms with E-state index in [1.54, 1.807) is 30.0 Å². The van der Waals surface area contributed by atoms with Crippen molar-refractivity contribution < 1.29 is 32.6 Å². The second-order valence-corrected chi connectivity index (χ2v) is 12.6. The van der Waals surface area contributed by atoms with Gasteiger partial charge in [-0.2, -0.15) is 13.2 Å². The first-order valence-electron chi connectivity index (χ1n) is 16.2. The summed E-state index contributed by atoms with van der Waals surface area (Å²) in [6, 6.07) is 26.8. The van der Waals surface area contributed by atoms with Crippen molar-refractivity contribution in [3.8, 4) is 16.9 Å². The Balaban J connectivity index is 1.31. The Morgan fingerprint density at radius 1 is 0.959 bits per heavy atom. The van der Waals surface area contributed by atoms with Gasteiger partial charge < -0.3 is 25.4 Å². The Kier molecular flexibility index (Phi) is 11.3. The fourth-order valence-electron chi connectivity index (χ4n) is 5.88. The number of carbonyl (C=O) groups is 2. The maximum atomic E-state index is 13.6. The van der Waals surface area contributed by atoms with Gasteiger partial charge in [-0.05, 0) is 73.1 Å². The number of amides is 3. The monoisotopic (exact) mass is 674 g/mol. The predicted molar refractivity (Wildman–Crippen MR) is 184 cm³/mol. The van der Waals surface area contributed by atoms with Crippen LogP contribution >= 0.6 is 0 Å². The molecule has 11 heteroatoms. The van der Waals surface area contributed by atoms with Crippen LogP contribution < -0.4 is 15.4 Å². The summed E-state index contributed by atoms with van der Waals surface area (Å²) >= 11 is 0. The number of carbonyl (C=O) groups excluding carboxylic acids is 2. The van der Waals surface area contributed by atoms with Crippen LogP contribution in [0.1, 0.15) is 30.5 Å². The van der Waals surface area contributed by atoms with Gasteiger partial charge in [-0.25, -0.2) is 4.79 Å². The first kappa shape index (κ1) is 35.4. The maximum absolute atomic E-state index is 13.6. The average Bonchev–Trinajstić information content (AvgIpc) is 3.12. The number of nitrogens with zero attached hydrogens (tertiary/aromatic N) is 2. The predicted octanol–water partition coefficient (Wildman–Crippen LogP) is 7.30. The van der Waals surface area contributed by atoms with Gasteiger partial charge in [0, 0.05) is 42.5 Å². The molecule has 49 heavy (non-hydrogen) atoms. The molecular formula is C38H41F3N4O4. The third-order valence-corrected chi connectivity index (χ3v) is 8.65. The van der Waals surface area contributed by atoms with Crippen LogP contribution in [0.3, 0.4) is 0 Å². The molecule has 1 heterocycles. The Morgan fingerprint density at radius 2 is 1.59 bits per heavy atom. The van der Waals surface area contributed by atoms with Crippen molar-refractivity contribution in [2.75, 3.05) is 37.4 Å². The van der Waals surface area contributed by atoms with Crippen LogP contribution in [0.4, 0.5) is 29.3 Å². The summed E-state index contributed by atoms with van der Waals surface area (Å²) in [5, 5.41) is 15.2. The third-order valence-electron chi connectivity index (χ3n) is 8.65. The fourth-order valence-corrected chi connectivity index (χ4v) is 5.88. The van der Waals surface area contributed by atoms with Crippen molar-refractivity contribution in [1.82, 2.24) is 9.80 Å². The Bertz CT molecular complexity index is 1720. The molecule has 3 atom stereocenters. The number of anilines is 2. The Hall–Kier alpha value is -4.87. The van der Waals surface area contributed by atoms with Gasteiger partial charge in [0.2, 0.25) is 5.91 Å². The van der Waals surface area contributed by atoms with Crippen molar-refractivity contribution in [1.29, 1.82) is 0 Å². The normalized spacial score (nSPS) is 17.3. The summed E-state index contributed by atoms with van der Waals surface area (Å²) in [7, 11) is 2.02. The molecule has 0 aliphatic carbocycles. The maximum Gasteiger partial charge on any atom is 0.416 e. The Morgan fingerprint density at radius 3 is 2.24 bits per heavy atom. The highest BCUT2D eigenvalue weighted by Crippen LogP contribution is 2.31. The number of aliphatic hydroxyl groups is 1. The number of alkyl halides is 3. The number of benzene rings is 4. The summed E-state index contributed by atoms with van der Waals surface area (Å²) in [5.41, 5.74) is 3.75. The standard InChI is InChI=1S/C38H41F3N4O4/c1-25-21-45(26(2)24-46)36(47)20-30-19-33(43-37(48)42-32-15-13-31(14-16-32)38(39,40)41)17-18-34(30)49-35(25)23-44(3)22-27-9-11-29(12-10-27)28-7-5-4-6-8-28/h4-19,25-26,35,46H,20-24H2,1-3H3,(H2,42,43,48)/t25-,26-,35-/m1/s1. The fraction of sp³-hybridized carbons (Fsp3) is 0.316. The average molecular weight is 675 g/mol. The van der Waals surface area contributed by atoms with Crippen molar-refractivity contribution >= 4 is 23.3 Å². The van der Waals surface area contributed by atoms with Gasteiger partial charge >= 0.3 is 12.2 Å². The van der Waals surface area contributed by atoms with Crippen molar-refractivity contribution in [3.63, 3.8) is 0 Å². The summed E-state index contributed by atoms with van der Waals surface area (Å²) in [4.78, 5) is 30.2. The quantitative estimate of drug-likeness (QED) is 0.173. The molecule has 3 N–H and O–H groups in total. The minimum absolute atomic E-state index is 0.0151. The van der Waals surface area contributed by atoms with E-state index in [-0.39, 0.29) is 36.6 Å². The molecule has 0 radical (unpaired) electrons. The lowest BCUT2D eigenvalue weighted by molar-refractivity contribution is -0.137. The second-order valence-electron chi connectivity index (χ2n) is 12.6. The molecule has 0 saturated carbocycles. The van der Waals surface area contributed by atoms with Gasteiger partial charge in [0.25, 0.3) is 0 Å². The number of likely N-dealkylation sites (N-methyl/N-ethyl adjacent to an activating group) is 1. The lowest BCUT2D eigenvalue weighted by Gasteiger charge is -2.34. The van der Waals surface area contributed by atoms with E-state index in [1.165, 1.54) is 12.1 Å². The van der Waals surface area contributed by atoms with E-state index in [1.807, 2.05) is 32.2 Å². The van der Waals surface area contributed by atoms with Crippen molar-refractivity contribution in [3.05, 3.63) is 114 Å². The number of aliphatic hydroxyl groups excluding tert-OH is 1. The molecule has 1 aliphatic heterocycles. The number of nitrogens with one attached hydrogen (secondary N) is 2. The second kappa shape index (κ2) is 15.6. The molecular weight excluding hydrogens is 633 g/mol. The highest BCUT2D eigenvalue weighted by atomic mass is 19.4. The third kappa shape index (κ3) is 9.39. The number of rotatable bonds is 9. The van der Waals surface area contributed by atoms with Gasteiger partial charge in [0.1, 0.15) is 11.9 Å². The molecule has 0 aromatic heterocycles. The van der Waals surface area contributed by atoms with Gasteiger partial charge in [-0.1, -0.05) is 61.5 Å². The topological polar surface area (TPSA) is 94.1 Å². The minimum atomic E-state index is -4.48. The van der Waals surface area contributed by atoms with E-state index in [4.69, 9.17) is 4.74 Å².